The monoisotopic (exact) mass is 466 g/mol. The van der Waals surface area contributed by atoms with Crippen LogP contribution in [0.3, 0.4) is 0 Å². The topological polar surface area (TPSA) is 58.6 Å². The Kier molecular flexibility index (Phi) is 8.33. The summed E-state index contributed by atoms with van der Waals surface area (Å²) in [4.78, 5) is 26.9. The maximum Gasteiger partial charge on any atom is 0.261 e. The first kappa shape index (κ1) is 22.2. The number of carbonyl (C=O) groups excluding carboxylic acids is 2. The van der Waals surface area contributed by atoms with Gasteiger partial charge >= 0.3 is 0 Å². The summed E-state index contributed by atoms with van der Waals surface area (Å²) in [5, 5.41) is 3.28. The van der Waals surface area contributed by atoms with E-state index in [-0.39, 0.29) is 31.0 Å². The zero-order chi connectivity index (χ0) is 20.7. The molecule has 0 bridgehead atoms. The second-order valence-corrected chi connectivity index (χ2v) is 8.03. The Bertz CT molecular complexity index is 829. The van der Waals surface area contributed by atoms with Crippen LogP contribution < -0.4 is 10.1 Å². The molecule has 0 radical (unpaired) electrons. The van der Waals surface area contributed by atoms with Crippen LogP contribution in [0.1, 0.15) is 26.3 Å². The second kappa shape index (κ2) is 10.5. The molecule has 28 heavy (non-hydrogen) atoms. The minimum atomic E-state index is -0.649. The van der Waals surface area contributed by atoms with Gasteiger partial charge in [-0.3, -0.25) is 9.59 Å². The number of hydrogen-bond acceptors (Lipinski definition) is 3. The Morgan fingerprint density at radius 1 is 1.14 bits per heavy atom. The van der Waals surface area contributed by atoms with Crippen LogP contribution >= 0.6 is 27.5 Å². The summed E-state index contributed by atoms with van der Waals surface area (Å²) in [6, 6.07) is 13.9. The average Bonchev–Trinajstić information content (AvgIpc) is 2.64. The van der Waals surface area contributed by atoms with Crippen LogP contribution in [0.25, 0.3) is 0 Å². The third-order valence-corrected chi connectivity index (χ3v) is 4.83. The first-order valence-corrected chi connectivity index (χ1v) is 10.2. The van der Waals surface area contributed by atoms with Crippen molar-refractivity contribution in [2.24, 2.45) is 0 Å². The summed E-state index contributed by atoms with van der Waals surface area (Å²) in [5.41, 5.74) is 0.907. The smallest absolute Gasteiger partial charge is 0.261 e. The number of hydrogen-bond donors (Lipinski definition) is 1. The van der Waals surface area contributed by atoms with E-state index < -0.39 is 6.04 Å². The molecule has 0 saturated heterocycles. The highest BCUT2D eigenvalue weighted by Crippen LogP contribution is 2.23. The minimum Gasteiger partial charge on any atom is -0.482 e. The molecule has 5 nitrogen and oxygen atoms in total. The fraction of sp³-hybridized carbons (Fsp3) is 0.333. The fourth-order valence-corrected chi connectivity index (χ4v) is 3.24. The van der Waals surface area contributed by atoms with E-state index in [4.69, 9.17) is 16.3 Å². The molecular formula is C21H24BrClN2O3. The van der Waals surface area contributed by atoms with Crippen LogP contribution in [0.2, 0.25) is 5.02 Å². The molecule has 0 aliphatic rings. The van der Waals surface area contributed by atoms with Gasteiger partial charge in [-0.1, -0.05) is 51.8 Å². The summed E-state index contributed by atoms with van der Waals surface area (Å²) >= 11 is 9.52. The normalized spacial score (nSPS) is 11.8. The van der Waals surface area contributed by atoms with Gasteiger partial charge in [-0.15, -0.1) is 0 Å². The lowest BCUT2D eigenvalue weighted by molar-refractivity contribution is -0.142. The molecule has 0 aliphatic heterocycles. The van der Waals surface area contributed by atoms with Crippen molar-refractivity contribution in [3.05, 3.63) is 63.6 Å². The molecule has 0 aliphatic carbocycles. The van der Waals surface area contributed by atoms with Gasteiger partial charge in [-0.05, 0) is 50.6 Å². The molecule has 150 valence electrons. The summed E-state index contributed by atoms with van der Waals surface area (Å²) in [6.45, 7) is 5.55. The van der Waals surface area contributed by atoms with Gasteiger partial charge in [0, 0.05) is 17.1 Å². The number of ether oxygens (including phenoxy) is 1. The minimum absolute atomic E-state index is 0.0165. The van der Waals surface area contributed by atoms with E-state index in [0.717, 1.165) is 10.0 Å². The fourth-order valence-electron chi connectivity index (χ4n) is 2.60. The third-order valence-electron chi connectivity index (χ3n) is 4.03. The summed E-state index contributed by atoms with van der Waals surface area (Å²) in [7, 11) is 0. The lowest BCUT2D eigenvalue weighted by atomic mass is 10.1. The van der Waals surface area contributed by atoms with Crippen molar-refractivity contribution >= 4 is 39.3 Å². The van der Waals surface area contributed by atoms with E-state index in [0.29, 0.717) is 10.8 Å². The van der Waals surface area contributed by atoms with Gasteiger partial charge in [0.25, 0.3) is 5.91 Å². The molecule has 1 atom stereocenters. The predicted molar refractivity (Wildman–Crippen MR) is 114 cm³/mol. The van der Waals surface area contributed by atoms with Gasteiger partial charge in [0.1, 0.15) is 11.8 Å². The molecular weight excluding hydrogens is 444 g/mol. The summed E-state index contributed by atoms with van der Waals surface area (Å²) < 4.78 is 6.49. The lowest BCUT2D eigenvalue weighted by Crippen LogP contribution is -2.50. The van der Waals surface area contributed by atoms with Gasteiger partial charge in [0.2, 0.25) is 5.91 Å². The van der Waals surface area contributed by atoms with Crippen molar-refractivity contribution in [3.63, 3.8) is 0 Å². The van der Waals surface area contributed by atoms with Crippen molar-refractivity contribution in [2.45, 2.75) is 39.4 Å². The molecule has 0 saturated carbocycles. The van der Waals surface area contributed by atoms with Gasteiger partial charge in [-0.2, -0.15) is 0 Å². The molecule has 2 aromatic rings. The van der Waals surface area contributed by atoms with E-state index in [1.165, 1.54) is 4.90 Å². The number of carbonyl (C=O) groups is 2. The largest absolute Gasteiger partial charge is 0.482 e. The molecule has 0 fully saturated rings. The zero-order valence-corrected chi connectivity index (χ0v) is 18.5. The first-order chi connectivity index (χ1) is 13.3. The maximum atomic E-state index is 12.9. The van der Waals surface area contributed by atoms with E-state index in [2.05, 4.69) is 21.2 Å². The van der Waals surface area contributed by atoms with Crippen molar-refractivity contribution in [2.75, 3.05) is 6.61 Å². The Balaban J connectivity index is 2.17. The van der Waals surface area contributed by atoms with E-state index in [1.807, 2.05) is 38.1 Å². The molecule has 0 unspecified atom stereocenters. The highest BCUT2D eigenvalue weighted by atomic mass is 79.9. The molecule has 0 heterocycles. The first-order valence-electron chi connectivity index (χ1n) is 8.99. The lowest BCUT2D eigenvalue weighted by Gasteiger charge is -2.29. The number of nitrogens with one attached hydrogen (secondary N) is 1. The molecule has 2 rings (SSSR count). The number of para-hydroxylation sites is 1. The SMILES string of the molecule is CC(C)NC(=O)[C@H](C)N(Cc1cccc(Br)c1)C(=O)COc1ccccc1Cl. The highest BCUT2D eigenvalue weighted by molar-refractivity contribution is 9.10. The van der Waals surface area contributed by atoms with Gasteiger partial charge in [-0.25, -0.2) is 0 Å². The maximum absolute atomic E-state index is 12.9. The predicted octanol–water partition coefficient (Wildman–Crippen LogP) is 4.42. The molecule has 2 aromatic carbocycles. The number of rotatable bonds is 8. The van der Waals surface area contributed by atoms with E-state index >= 15 is 0 Å². The Hall–Kier alpha value is -2.05. The van der Waals surface area contributed by atoms with Crippen LogP contribution in [0.4, 0.5) is 0 Å². The molecule has 1 N–H and O–H groups in total. The third kappa shape index (κ3) is 6.53. The average molecular weight is 468 g/mol. The Labute approximate surface area is 179 Å². The molecule has 0 aromatic heterocycles. The van der Waals surface area contributed by atoms with Crippen LogP contribution in [0.5, 0.6) is 5.75 Å². The highest BCUT2D eigenvalue weighted by Gasteiger charge is 2.27. The number of amides is 2. The Morgan fingerprint density at radius 2 is 1.86 bits per heavy atom. The molecule has 7 heteroatoms. The van der Waals surface area contributed by atoms with Crippen LogP contribution in [-0.2, 0) is 16.1 Å². The van der Waals surface area contributed by atoms with Crippen LogP contribution in [0.15, 0.2) is 53.0 Å². The molecule has 0 spiro atoms. The van der Waals surface area contributed by atoms with Crippen molar-refractivity contribution < 1.29 is 14.3 Å². The number of nitrogens with zero attached hydrogens (tertiary/aromatic N) is 1. The van der Waals surface area contributed by atoms with Crippen molar-refractivity contribution in [3.8, 4) is 5.75 Å². The second-order valence-electron chi connectivity index (χ2n) is 6.71. The van der Waals surface area contributed by atoms with Crippen LogP contribution in [0, 0.1) is 0 Å². The van der Waals surface area contributed by atoms with Crippen LogP contribution in [-0.4, -0.2) is 35.4 Å². The zero-order valence-electron chi connectivity index (χ0n) is 16.1. The van der Waals surface area contributed by atoms with Gasteiger partial charge < -0.3 is 15.0 Å². The van der Waals surface area contributed by atoms with Gasteiger partial charge in [0.15, 0.2) is 6.61 Å². The number of benzene rings is 2. The summed E-state index contributed by atoms with van der Waals surface area (Å²) in [6.07, 6.45) is 0. The van der Waals surface area contributed by atoms with Crippen molar-refractivity contribution in [1.82, 2.24) is 10.2 Å². The van der Waals surface area contributed by atoms with E-state index in [9.17, 15) is 9.59 Å². The van der Waals surface area contributed by atoms with E-state index in [1.54, 1.807) is 31.2 Å². The quantitative estimate of drug-likeness (QED) is 0.625. The number of halogens is 2. The van der Waals surface area contributed by atoms with Gasteiger partial charge in [0.05, 0.1) is 5.02 Å². The standard InChI is InChI=1S/C21H24BrClN2O3/c1-14(2)24-21(27)15(3)25(12-16-7-6-8-17(22)11-16)20(26)13-28-19-10-5-4-9-18(19)23/h4-11,14-15H,12-13H2,1-3H3,(H,24,27)/t15-/m0/s1. The van der Waals surface area contributed by atoms with Crippen molar-refractivity contribution in [1.29, 1.82) is 0 Å². The summed E-state index contributed by atoms with van der Waals surface area (Å²) in [5.74, 6) is -0.0819. The Morgan fingerprint density at radius 3 is 2.50 bits per heavy atom. The molecule has 2 amide bonds.